The summed E-state index contributed by atoms with van der Waals surface area (Å²) in [4.78, 5) is 52.4. The third-order valence-corrected chi connectivity index (χ3v) is 24.1. The third kappa shape index (κ3) is 25.7. The molecule has 24 nitrogen and oxygen atoms in total. The van der Waals surface area contributed by atoms with Gasteiger partial charge >= 0.3 is 46.5 Å². The van der Waals surface area contributed by atoms with Crippen molar-refractivity contribution in [3.05, 3.63) is 371 Å². The van der Waals surface area contributed by atoms with Crippen molar-refractivity contribution >= 4 is 122 Å². The van der Waals surface area contributed by atoms with Crippen molar-refractivity contribution in [2.24, 2.45) is 0 Å². The second kappa shape index (κ2) is 46.1. The summed E-state index contributed by atoms with van der Waals surface area (Å²) in [5.74, 6) is -31.7. The Labute approximate surface area is 815 Å². The van der Waals surface area contributed by atoms with Gasteiger partial charge in [0.25, 0.3) is 16.7 Å². The maximum absolute atomic E-state index is 14.1. The van der Waals surface area contributed by atoms with E-state index in [1.807, 2.05) is 0 Å². The van der Waals surface area contributed by atoms with Crippen molar-refractivity contribution in [1.29, 1.82) is 0 Å². The van der Waals surface area contributed by atoms with Crippen LogP contribution in [0.4, 0.5) is 102 Å². The molecule has 144 heavy (non-hydrogen) atoms. The van der Waals surface area contributed by atoms with Crippen molar-refractivity contribution in [1.82, 2.24) is 33.6 Å². The van der Waals surface area contributed by atoms with E-state index in [4.69, 9.17) is 25.0 Å². The summed E-state index contributed by atoms with van der Waals surface area (Å²) in [6, 6.07) is 36.3. The number of nitrogen functional groups attached to an aromatic ring is 1. The molecule has 54 heteroatoms. The first-order valence-electron chi connectivity index (χ1n) is 38.6. The van der Waals surface area contributed by atoms with Gasteiger partial charge in [0.05, 0.1) is 94.2 Å². The Morgan fingerprint density at radius 1 is 0.375 bits per heavy atom. The molecule has 0 bridgehead atoms. The number of anilines is 1. The summed E-state index contributed by atoms with van der Waals surface area (Å²) in [6.45, 7) is 0. The van der Waals surface area contributed by atoms with Crippen LogP contribution in [-0.2, 0) is 54.4 Å². The van der Waals surface area contributed by atoms with E-state index in [-0.39, 0.29) is 121 Å². The fourth-order valence-electron chi connectivity index (χ4n) is 13.2. The Hall–Kier alpha value is -14.1. The highest BCUT2D eigenvalue weighted by atomic mass is 79.9. The summed E-state index contributed by atoms with van der Waals surface area (Å²) in [7, 11) is -9.97. The number of aromatic nitrogens is 7. The first kappa shape index (κ1) is 114. The van der Waals surface area contributed by atoms with E-state index < -0.39 is 185 Å². The number of benzene rings is 11. The number of methoxy groups -OCH3 is 3. The van der Waals surface area contributed by atoms with E-state index in [2.05, 4.69) is 48.9 Å². The molecule has 16 rings (SSSR count). The topological polar surface area (TPSA) is 322 Å². The molecule has 1 radical (unpaired) electrons. The van der Waals surface area contributed by atoms with E-state index >= 15 is 0 Å². The van der Waals surface area contributed by atoms with Gasteiger partial charge in [-0.25, -0.2) is 52.9 Å². The molecule has 0 aliphatic carbocycles. The first-order valence-corrected chi connectivity index (χ1v) is 43.9. The van der Waals surface area contributed by atoms with Gasteiger partial charge in [-0.2, -0.15) is 104 Å². The first-order chi connectivity index (χ1) is 66.3. The molecule has 5 aromatic heterocycles. The van der Waals surface area contributed by atoms with Crippen LogP contribution in [0.5, 0.6) is 34.5 Å². The molecule has 16 aromatic rings. The molecule has 11 aromatic carbocycles. The predicted octanol–water partition coefficient (Wildman–Crippen LogP) is 20.1. The fourth-order valence-corrected chi connectivity index (χ4v) is 16.7. The Morgan fingerprint density at radius 2 is 0.715 bits per heavy atom. The maximum Gasteiger partial charge on any atom is 0.569 e. The highest BCUT2D eigenvalue weighted by Gasteiger charge is 2.38. The highest BCUT2D eigenvalue weighted by molar-refractivity contribution is 9.10. The van der Waals surface area contributed by atoms with E-state index in [9.17, 15) is 136 Å². The predicted molar refractivity (Wildman–Crippen MR) is 498 cm³/mol. The maximum atomic E-state index is 14.1. The summed E-state index contributed by atoms with van der Waals surface area (Å²) in [5, 5.41) is 8.77. The quantitative estimate of drug-likeness (QED) is 0.0190. The number of hydrogen-bond donors (Lipinski definition) is 2. The highest BCUT2D eigenvalue weighted by Crippen LogP contribution is 2.42. The van der Waals surface area contributed by atoms with Gasteiger partial charge in [0, 0.05) is 75.9 Å². The zero-order chi connectivity index (χ0) is 103. The third-order valence-electron chi connectivity index (χ3n) is 19.5. The largest absolute Gasteiger partial charge is 0.569 e. The molecule has 3 atom stereocenters. The van der Waals surface area contributed by atoms with Crippen LogP contribution in [-0.4, -0.2) is 92.9 Å². The molecule has 755 valence electrons. The Kier molecular flexibility index (Phi) is 36.3. The molecule has 3 unspecified atom stereocenters. The summed E-state index contributed by atoms with van der Waals surface area (Å²) >= 11 is 3.29. The number of alkyl halides is 9. The zero-order valence-corrected chi connectivity index (χ0v) is 80.9. The molecular weight excluding hydrogens is 2150 g/mol. The molecule has 0 amide bonds. The second-order valence-corrected chi connectivity index (χ2v) is 34.6. The number of fused-ring (bicyclic) bond motifs is 3. The molecule has 0 saturated heterocycles. The van der Waals surface area contributed by atoms with Crippen molar-refractivity contribution in [3.63, 3.8) is 0 Å². The Morgan fingerprint density at radius 3 is 1.06 bits per heavy atom. The average molecular weight is 2210 g/mol. The number of rotatable bonds is 19. The number of hydrogen-bond acceptors (Lipinski definition) is 21. The van der Waals surface area contributed by atoms with Gasteiger partial charge in [-0.3, -0.25) is 43.0 Å². The van der Waals surface area contributed by atoms with E-state index in [0.717, 1.165) is 83.4 Å². The molecule has 0 fully saturated rings. The van der Waals surface area contributed by atoms with Crippen molar-refractivity contribution in [2.45, 2.75) is 39.0 Å². The number of ether oxygens (including phenoxy) is 3. The standard InChI is InChI=1S/C29H14F9NO5S.C28H19F4N3O4S.C22H11BrF5NO5S.C7H4BF4O2.C4H5N3.3H3P/c1-43-21-11-13(15-8-16(29(36,37)38)12-17(30)9-15)2-5-20(21)39-19-6-4-18(10-14(19)3-7-22(39)40)45(41,42)44-28-26(34)24(32)23(31)25(33)27(28)35;1-39-26-13-17(19-10-20(28(30,31)32)14-21(29)11-19)2-5-25(26)35-24-6-4-23(12-18(24)3-7-27(35)36)40(37,38)16-22-15-33-8-9-34-22;1-33-15-9-11(23)3-5-14(15)29-13-6-4-12(8-10(13)2-7-16(29)30)35(31,32)34-22-20(27)18(25)17(24)19(26)21(22)28;9-5-1-4(7(10,11)12)2-6(3-5)14-8-13;5-4-3-6-1-2-7-4;;;/h2-12H,1H3;2-15H,16H2,1H3;2-9H,1H3;1-3,13H;1-3H,(H2,5,7);3*1H3. The molecule has 0 aliphatic heterocycles. The fraction of sp³-hybridized carbons (Fsp3) is 0.0778. The van der Waals surface area contributed by atoms with E-state index in [1.54, 1.807) is 30.6 Å². The number of sulfone groups is 1. The van der Waals surface area contributed by atoms with Gasteiger partial charge in [0.1, 0.15) is 56.1 Å². The van der Waals surface area contributed by atoms with Crippen molar-refractivity contribution in [3.8, 4) is 73.8 Å². The Bertz CT molecular complexity index is 8100. The molecule has 0 saturated carbocycles. The summed E-state index contributed by atoms with van der Waals surface area (Å²) in [5.41, 5.74) is 1.66. The molecule has 5 heterocycles. The van der Waals surface area contributed by atoms with Crippen LogP contribution in [0.2, 0.25) is 0 Å². The van der Waals surface area contributed by atoms with Crippen LogP contribution in [0.25, 0.3) is 72.0 Å². The monoisotopic (exact) mass is 2210 g/mol. The number of halogens is 23. The van der Waals surface area contributed by atoms with Gasteiger partial charge in [0.15, 0.2) is 9.84 Å². The van der Waals surface area contributed by atoms with Crippen LogP contribution < -0.4 is 49.6 Å². The van der Waals surface area contributed by atoms with Crippen LogP contribution in [0, 0.1) is 75.6 Å². The average Bonchev–Trinajstić information content (AvgIpc) is 0.761. The van der Waals surface area contributed by atoms with E-state index in [0.29, 0.717) is 56.9 Å². The lowest BCUT2D eigenvalue weighted by molar-refractivity contribution is -0.138. The normalized spacial score (nSPS) is 11.4. The minimum Gasteiger partial charge on any atom is -0.537 e. The number of nitrogens with zero attached hydrogens (tertiary/aromatic N) is 7. The molecule has 3 N–H and O–H groups in total. The van der Waals surface area contributed by atoms with Crippen LogP contribution in [0.3, 0.4) is 0 Å². The second-order valence-electron chi connectivity index (χ2n) is 28.6. The SMILES string of the molecule is COc1cc(-c2cc(F)cc(C(F)(F)F)c2)ccc1-n1c(=O)ccc2cc(S(=O)(=O)Cc3cnccn3)ccc21.COc1cc(-c2cc(F)cc(C(F)(F)F)c2)ccc1-n1c(=O)ccc2cc(S(=O)(=O)Oc3c(F)c(F)c(F)c(F)c3F)ccc21.COc1cc(Br)ccc1-n1c(=O)ccc2cc(S(=O)(=O)Oc3c(F)c(F)c(F)c(F)c3F)ccc21.Nc1cnccn1.O[B]Oc1cc(F)cc(C(F)(F)F)c1.P.P.P. The molecule has 0 spiro atoms. The minimum atomic E-state index is -5.21. The lowest BCUT2D eigenvalue weighted by atomic mass is 10.0. The van der Waals surface area contributed by atoms with Gasteiger partial charge in [-0.1, -0.05) is 28.1 Å². The smallest absolute Gasteiger partial charge is 0.537 e. The van der Waals surface area contributed by atoms with E-state index in [1.165, 1.54) is 134 Å². The van der Waals surface area contributed by atoms with Gasteiger partial charge < -0.3 is 38.0 Å². The minimum absolute atomic E-state index is 0. The lowest BCUT2D eigenvalue weighted by Crippen LogP contribution is -2.19. The number of nitrogens with two attached hydrogens (primary N) is 1. The molecular formula is C90H62BBrF22N8O16P3S3. The molecule has 0 aliphatic rings. The van der Waals surface area contributed by atoms with Gasteiger partial charge in [-0.05, 0) is 186 Å². The van der Waals surface area contributed by atoms with Gasteiger partial charge in [-0.15, -0.1) is 0 Å². The lowest BCUT2D eigenvalue weighted by Gasteiger charge is -2.16. The van der Waals surface area contributed by atoms with Crippen molar-refractivity contribution < 1.29 is 154 Å². The number of pyridine rings is 3. The van der Waals surface area contributed by atoms with Crippen molar-refractivity contribution in [2.75, 3.05) is 27.1 Å². The summed E-state index contributed by atoms with van der Waals surface area (Å²) in [6.07, 6.45) is -5.39. The summed E-state index contributed by atoms with van der Waals surface area (Å²) < 4.78 is 403. The van der Waals surface area contributed by atoms with Crippen LogP contribution >= 0.6 is 45.6 Å². The van der Waals surface area contributed by atoms with Crippen LogP contribution in [0.1, 0.15) is 22.4 Å². The zero-order valence-electron chi connectivity index (χ0n) is 72.6. The van der Waals surface area contributed by atoms with Crippen LogP contribution in [0.15, 0.2) is 271 Å². The van der Waals surface area contributed by atoms with Gasteiger partial charge in [0.2, 0.25) is 69.7 Å². The Balaban J connectivity index is 0.000000217.